The zero-order valence-corrected chi connectivity index (χ0v) is 12.3. The Morgan fingerprint density at radius 2 is 1.79 bits per heavy atom. The molecule has 0 aliphatic carbocycles. The Hall–Kier alpha value is -1.10. The van der Waals surface area contributed by atoms with E-state index in [1.165, 1.54) is 0 Å². The largest absolute Gasteiger partial charge is 0.496 e. The summed E-state index contributed by atoms with van der Waals surface area (Å²) in [7, 11) is 5.02. The number of benzene rings is 1. The fourth-order valence-corrected chi connectivity index (χ4v) is 2.13. The molecule has 108 valence electrons. The van der Waals surface area contributed by atoms with Gasteiger partial charge in [0.2, 0.25) is 0 Å². The predicted octanol–water partition coefficient (Wildman–Crippen LogP) is 2.22. The van der Waals surface area contributed by atoms with E-state index in [-0.39, 0.29) is 12.3 Å². The van der Waals surface area contributed by atoms with Crippen molar-refractivity contribution in [1.82, 2.24) is 5.32 Å². The van der Waals surface area contributed by atoms with Crippen LogP contribution < -0.4 is 10.1 Å². The third-order valence-electron chi connectivity index (χ3n) is 3.08. The number of nitrogens with one attached hydrogen (secondary N) is 1. The van der Waals surface area contributed by atoms with Gasteiger partial charge in [0.05, 0.1) is 13.2 Å². The van der Waals surface area contributed by atoms with E-state index < -0.39 is 0 Å². The van der Waals surface area contributed by atoms with Crippen molar-refractivity contribution < 1.29 is 14.2 Å². The van der Waals surface area contributed by atoms with Gasteiger partial charge in [-0.05, 0) is 31.0 Å². The fraction of sp³-hybridized carbons (Fsp3) is 0.600. The molecule has 0 saturated heterocycles. The van der Waals surface area contributed by atoms with Crippen molar-refractivity contribution in [1.29, 1.82) is 0 Å². The zero-order valence-electron chi connectivity index (χ0n) is 12.3. The van der Waals surface area contributed by atoms with Crippen LogP contribution in [0.1, 0.15) is 18.9 Å². The van der Waals surface area contributed by atoms with Crippen LogP contribution in [-0.2, 0) is 15.9 Å². The molecule has 1 aromatic rings. The molecular weight excluding hydrogens is 242 g/mol. The van der Waals surface area contributed by atoms with Crippen LogP contribution >= 0.6 is 0 Å². The SMILES string of the molecule is CCCNC(Cc1ccccc1OC)C(OC)OC. The van der Waals surface area contributed by atoms with Gasteiger partial charge >= 0.3 is 0 Å². The molecule has 0 amide bonds. The monoisotopic (exact) mass is 267 g/mol. The summed E-state index contributed by atoms with van der Waals surface area (Å²) in [6, 6.07) is 8.14. The molecule has 1 atom stereocenters. The highest BCUT2D eigenvalue weighted by Gasteiger charge is 2.21. The third-order valence-corrected chi connectivity index (χ3v) is 3.08. The normalized spacial score (nSPS) is 12.7. The first-order valence-corrected chi connectivity index (χ1v) is 6.67. The number of methoxy groups -OCH3 is 3. The van der Waals surface area contributed by atoms with Gasteiger partial charge in [-0.25, -0.2) is 0 Å². The Bertz CT molecular complexity index is 353. The van der Waals surface area contributed by atoms with Gasteiger partial charge in [0.1, 0.15) is 5.75 Å². The summed E-state index contributed by atoms with van der Waals surface area (Å²) < 4.78 is 16.1. The van der Waals surface area contributed by atoms with E-state index >= 15 is 0 Å². The number of hydrogen-bond acceptors (Lipinski definition) is 4. The molecule has 1 aromatic carbocycles. The minimum absolute atomic E-state index is 0.103. The molecule has 4 nitrogen and oxygen atoms in total. The molecule has 1 rings (SSSR count). The number of hydrogen-bond donors (Lipinski definition) is 1. The predicted molar refractivity (Wildman–Crippen MR) is 76.6 cm³/mol. The van der Waals surface area contributed by atoms with Crippen molar-refractivity contribution >= 4 is 0 Å². The van der Waals surface area contributed by atoms with Gasteiger partial charge < -0.3 is 19.5 Å². The maximum Gasteiger partial charge on any atom is 0.172 e. The molecular formula is C15H25NO3. The molecule has 0 spiro atoms. The van der Waals surface area contributed by atoms with Gasteiger partial charge in [-0.1, -0.05) is 25.1 Å². The molecule has 1 N–H and O–H groups in total. The van der Waals surface area contributed by atoms with Gasteiger partial charge in [0, 0.05) is 14.2 Å². The van der Waals surface area contributed by atoms with Gasteiger partial charge in [-0.3, -0.25) is 0 Å². The van der Waals surface area contributed by atoms with Crippen LogP contribution in [0.4, 0.5) is 0 Å². The van der Waals surface area contributed by atoms with E-state index in [0.29, 0.717) is 0 Å². The van der Waals surface area contributed by atoms with E-state index in [9.17, 15) is 0 Å². The first kappa shape index (κ1) is 16.0. The fourth-order valence-electron chi connectivity index (χ4n) is 2.13. The van der Waals surface area contributed by atoms with Crippen LogP contribution in [0.15, 0.2) is 24.3 Å². The maximum absolute atomic E-state index is 5.39. The van der Waals surface area contributed by atoms with Gasteiger partial charge in [0.15, 0.2) is 6.29 Å². The summed E-state index contributed by atoms with van der Waals surface area (Å²) in [5.74, 6) is 0.900. The van der Waals surface area contributed by atoms with Gasteiger partial charge in [0.25, 0.3) is 0 Å². The summed E-state index contributed by atoms with van der Waals surface area (Å²) in [4.78, 5) is 0. The molecule has 0 aliphatic heterocycles. The minimum atomic E-state index is -0.267. The summed E-state index contributed by atoms with van der Waals surface area (Å²) in [6.07, 6.45) is 1.61. The average molecular weight is 267 g/mol. The van der Waals surface area contributed by atoms with Crippen LogP contribution in [-0.4, -0.2) is 40.2 Å². The quantitative estimate of drug-likeness (QED) is 0.696. The molecule has 0 saturated carbocycles. The molecule has 0 radical (unpaired) electrons. The van der Waals surface area contributed by atoms with E-state index in [4.69, 9.17) is 14.2 Å². The van der Waals surface area contributed by atoms with Crippen LogP contribution in [0.5, 0.6) is 5.75 Å². The summed E-state index contributed by atoms with van der Waals surface area (Å²) in [6.45, 7) is 3.07. The third kappa shape index (κ3) is 4.82. The van der Waals surface area contributed by atoms with Crippen molar-refractivity contribution in [3.8, 4) is 5.75 Å². The van der Waals surface area contributed by atoms with Crippen molar-refractivity contribution in [3.63, 3.8) is 0 Å². The van der Waals surface area contributed by atoms with Crippen molar-refractivity contribution in [2.24, 2.45) is 0 Å². The second kappa shape index (κ2) is 8.91. The first-order valence-electron chi connectivity index (χ1n) is 6.67. The maximum atomic E-state index is 5.39. The molecule has 4 heteroatoms. The van der Waals surface area contributed by atoms with Gasteiger partial charge in [-0.2, -0.15) is 0 Å². The van der Waals surface area contributed by atoms with Crippen molar-refractivity contribution in [3.05, 3.63) is 29.8 Å². The Kier molecular flexibility index (Phi) is 7.48. The second-order valence-electron chi connectivity index (χ2n) is 4.42. The molecule has 0 heterocycles. The van der Waals surface area contributed by atoms with E-state index in [1.54, 1.807) is 21.3 Å². The van der Waals surface area contributed by atoms with Crippen LogP contribution in [0.2, 0.25) is 0 Å². The molecule has 0 aromatic heterocycles. The number of para-hydroxylation sites is 1. The summed E-state index contributed by atoms with van der Waals surface area (Å²) in [5.41, 5.74) is 1.15. The molecule has 0 aliphatic rings. The van der Waals surface area contributed by atoms with Crippen LogP contribution in [0.25, 0.3) is 0 Å². The van der Waals surface area contributed by atoms with E-state index in [0.717, 1.165) is 30.7 Å². The van der Waals surface area contributed by atoms with E-state index in [2.05, 4.69) is 18.3 Å². The number of ether oxygens (including phenoxy) is 3. The molecule has 0 bridgehead atoms. The highest BCUT2D eigenvalue weighted by Crippen LogP contribution is 2.20. The Morgan fingerprint density at radius 3 is 2.37 bits per heavy atom. The smallest absolute Gasteiger partial charge is 0.172 e. The molecule has 1 unspecified atom stereocenters. The topological polar surface area (TPSA) is 39.7 Å². The van der Waals surface area contributed by atoms with Crippen molar-refractivity contribution in [2.45, 2.75) is 32.1 Å². The molecule has 19 heavy (non-hydrogen) atoms. The lowest BCUT2D eigenvalue weighted by atomic mass is 10.0. The van der Waals surface area contributed by atoms with Crippen LogP contribution in [0.3, 0.4) is 0 Å². The lowest BCUT2D eigenvalue weighted by Crippen LogP contribution is -2.44. The standard InChI is InChI=1S/C15H25NO3/c1-5-10-16-13(15(18-3)19-4)11-12-8-6-7-9-14(12)17-2/h6-9,13,15-16H,5,10-11H2,1-4H3. The average Bonchev–Trinajstić information content (AvgIpc) is 2.46. The lowest BCUT2D eigenvalue weighted by Gasteiger charge is -2.26. The summed E-state index contributed by atoms with van der Waals surface area (Å²) >= 11 is 0. The summed E-state index contributed by atoms with van der Waals surface area (Å²) in [5, 5.41) is 3.47. The Morgan fingerprint density at radius 1 is 1.11 bits per heavy atom. The Balaban J connectivity index is 2.80. The van der Waals surface area contributed by atoms with Crippen LogP contribution in [0, 0.1) is 0 Å². The lowest BCUT2D eigenvalue weighted by molar-refractivity contribution is -0.122. The van der Waals surface area contributed by atoms with Gasteiger partial charge in [-0.15, -0.1) is 0 Å². The highest BCUT2D eigenvalue weighted by molar-refractivity contribution is 5.33. The number of rotatable bonds is 9. The first-order chi connectivity index (χ1) is 9.26. The molecule has 0 fully saturated rings. The Labute approximate surface area is 116 Å². The second-order valence-corrected chi connectivity index (χ2v) is 4.42. The van der Waals surface area contributed by atoms with E-state index in [1.807, 2.05) is 18.2 Å². The zero-order chi connectivity index (χ0) is 14.1. The minimum Gasteiger partial charge on any atom is -0.496 e. The van der Waals surface area contributed by atoms with Crippen molar-refractivity contribution in [2.75, 3.05) is 27.9 Å². The highest BCUT2D eigenvalue weighted by atomic mass is 16.7.